The molecule has 2 aliphatic rings. The molecule has 30 heavy (non-hydrogen) atoms. The van der Waals surface area contributed by atoms with Crippen molar-refractivity contribution in [1.29, 1.82) is 0 Å². The van der Waals surface area contributed by atoms with Crippen molar-refractivity contribution in [2.45, 2.75) is 62.9 Å². The molecule has 166 valence electrons. The van der Waals surface area contributed by atoms with Gasteiger partial charge in [0.2, 0.25) is 0 Å². The van der Waals surface area contributed by atoms with Crippen molar-refractivity contribution < 1.29 is 29.0 Å². The van der Waals surface area contributed by atoms with Gasteiger partial charge in [-0.3, -0.25) is 9.59 Å². The lowest BCUT2D eigenvalue weighted by atomic mass is 9.82. The van der Waals surface area contributed by atoms with Crippen molar-refractivity contribution in [3.05, 3.63) is 29.8 Å². The van der Waals surface area contributed by atoms with Crippen LogP contribution in [0.5, 0.6) is 0 Å². The van der Waals surface area contributed by atoms with E-state index in [1.165, 1.54) is 7.11 Å². The number of benzene rings is 1. The van der Waals surface area contributed by atoms with Gasteiger partial charge < -0.3 is 24.3 Å². The number of esters is 1. The molecule has 4 atom stereocenters. The Bertz CT molecular complexity index is 794. The third-order valence-electron chi connectivity index (χ3n) is 6.55. The molecule has 0 saturated carbocycles. The van der Waals surface area contributed by atoms with Gasteiger partial charge in [-0.15, -0.1) is 0 Å². The summed E-state index contributed by atoms with van der Waals surface area (Å²) in [6.45, 7) is 6.16. The number of methoxy groups -OCH3 is 1. The van der Waals surface area contributed by atoms with Crippen LogP contribution in [0.2, 0.25) is 18.6 Å². The number of anilines is 1. The second-order valence-electron chi connectivity index (χ2n) is 8.88. The first-order chi connectivity index (χ1) is 14.2. The fraction of sp³-hybridized carbons (Fsp3) is 0.636. The number of carbonyl (C=O) groups excluding carboxylic acids is 2. The predicted octanol–water partition coefficient (Wildman–Crippen LogP) is 2.56. The number of carbonyl (C=O) groups is 2. The fourth-order valence-corrected chi connectivity index (χ4v) is 7.89. The van der Waals surface area contributed by atoms with E-state index in [-0.39, 0.29) is 36.0 Å². The summed E-state index contributed by atoms with van der Waals surface area (Å²) in [4.78, 5) is 37.9. The van der Waals surface area contributed by atoms with Crippen molar-refractivity contribution in [3.8, 4) is 0 Å². The third-order valence-corrected chi connectivity index (χ3v) is 9.05. The number of nitrogens with zero attached hydrogens (tertiary/aromatic N) is 1. The minimum Gasteiger partial charge on any atom is -0.469 e. The highest BCUT2D eigenvalue weighted by atomic mass is 28.4. The second kappa shape index (κ2) is 8.78. The summed E-state index contributed by atoms with van der Waals surface area (Å²) in [5, 5.41) is 9.57. The van der Waals surface area contributed by atoms with Gasteiger partial charge in [0.25, 0.3) is 5.91 Å². The Kier molecular flexibility index (Phi) is 6.71. The first-order valence-corrected chi connectivity index (χ1v) is 13.7. The van der Waals surface area contributed by atoms with Crippen LogP contribution in [0.4, 0.5) is 5.69 Å². The number of fused-ring (bicyclic) bond motifs is 2. The summed E-state index contributed by atoms with van der Waals surface area (Å²) in [6, 6.07) is 7.66. The van der Waals surface area contributed by atoms with E-state index in [9.17, 15) is 19.5 Å². The van der Waals surface area contributed by atoms with Crippen LogP contribution in [-0.2, 0) is 24.7 Å². The number of hydrogen-bond donors (Lipinski definition) is 2. The van der Waals surface area contributed by atoms with Crippen LogP contribution in [0.1, 0.15) is 38.2 Å². The molecule has 3 rings (SSSR count). The molecule has 7 nitrogen and oxygen atoms in total. The van der Waals surface area contributed by atoms with E-state index in [4.69, 9.17) is 4.74 Å². The minimum atomic E-state index is -2.66. The number of aliphatic hydroxyl groups excluding tert-OH is 1. The lowest BCUT2D eigenvalue weighted by Crippen LogP contribution is -2.46. The smallest absolute Gasteiger partial charge is 0.305 e. The molecular formula is C22H33NO6Si. The van der Waals surface area contributed by atoms with Gasteiger partial charge in [-0.2, -0.15) is 0 Å². The van der Waals surface area contributed by atoms with Crippen LogP contribution in [0.25, 0.3) is 0 Å². The number of unbranched alkanes of at least 4 members (excludes halogenated alkanes) is 1. The average Bonchev–Trinajstić information content (AvgIpc) is 3.12. The maximum Gasteiger partial charge on any atom is 0.305 e. The predicted molar refractivity (Wildman–Crippen MR) is 116 cm³/mol. The molecule has 1 spiro atoms. The number of rotatable bonds is 8. The molecule has 1 fully saturated rings. The Labute approximate surface area is 179 Å². The summed E-state index contributed by atoms with van der Waals surface area (Å²) in [5.41, 5.74) is 0.351. The topological polar surface area (TPSA) is 96.3 Å². The zero-order valence-electron chi connectivity index (χ0n) is 18.3. The van der Waals surface area contributed by atoms with E-state index in [0.717, 1.165) is 11.3 Å². The highest BCUT2D eigenvalue weighted by molar-refractivity contribution is 6.71. The van der Waals surface area contributed by atoms with Gasteiger partial charge in [-0.25, -0.2) is 0 Å². The van der Waals surface area contributed by atoms with Crippen molar-refractivity contribution >= 4 is 25.9 Å². The van der Waals surface area contributed by atoms with Gasteiger partial charge >= 0.3 is 5.97 Å². The second-order valence-corrected chi connectivity index (χ2v) is 12.9. The molecule has 1 aromatic carbocycles. The monoisotopic (exact) mass is 435 g/mol. The molecule has 0 aromatic heterocycles. The number of aliphatic hydroxyl groups is 1. The van der Waals surface area contributed by atoms with Gasteiger partial charge in [-0.05, 0) is 38.4 Å². The standard InChI is InChI=1S/C22H33NO6Si/c1-15-20(30(3,4)27)18(12-14-24)29-22(15)16-9-5-6-10-17(16)23(21(22)26)13-8-7-11-19(25)28-2/h5-6,9-10,15,18,20,24,27H,7-8,11-14H2,1-4H3/t15-,18+,20-,22+/m1/s1. The molecule has 1 saturated heterocycles. The van der Waals surface area contributed by atoms with Gasteiger partial charge in [0.1, 0.15) is 0 Å². The van der Waals surface area contributed by atoms with Crippen molar-refractivity contribution in [2.75, 3.05) is 25.2 Å². The van der Waals surface area contributed by atoms with E-state index >= 15 is 0 Å². The third kappa shape index (κ3) is 3.82. The summed E-state index contributed by atoms with van der Waals surface area (Å²) in [6.07, 6.45) is 1.65. The normalized spacial score (nSPS) is 28.3. The lowest BCUT2D eigenvalue weighted by Gasteiger charge is -2.32. The first-order valence-electron chi connectivity index (χ1n) is 10.7. The quantitative estimate of drug-likeness (QED) is 0.370. The zero-order valence-corrected chi connectivity index (χ0v) is 19.3. The fourth-order valence-electron chi connectivity index (χ4n) is 5.29. The van der Waals surface area contributed by atoms with E-state index in [1.54, 1.807) is 4.90 Å². The zero-order chi connectivity index (χ0) is 22.1. The maximum absolute atomic E-state index is 13.8. The van der Waals surface area contributed by atoms with E-state index in [0.29, 0.717) is 32.2 Å². The van der Waals surface area contributed by atoms with Gasteiger partial charge in [0.15, 0.2) is 13.9 Å². The molecular weight excluding hydrogens is 402 g/mol. The molecule has 8 heteroatoms. The van der Waals surface area contributed by atoms with Crippen LogP contribution in [0.15, 0.2) is 24.3 Å². The maximum atomic E-state index is 13.8. The van der Waals surface area contributed by atoms with Gasteiger partial charge in [0.05, 0.1) is 18.9 Å². The molecule has 0 bridgehead atoms. The Balaban J connectivity index is 1.92. The molecule has 0 radical (unpaired) electrons. The molecule has 2 N–H and O–H groups in total. The van der Waals surface area contributed by atoms with Crippen molar-refractivity contribution in [3.63, 3.8) is 0 Å². The lowest BCUT2D eigenvalue weighted by molar-refractivity contribution is -0.146. The Morgan fingerprint density at radius 2 is 2.00 bits per heavy atom. The molecule has 2 aliphatic heterocycles. The van der Waals surface area contributed by atoms with Crippen LogP contribution < -0.4 is 4.90 Å². The average molecular weight is 436 g/mol. The summed E-state index contributed by atoms with van der Waals surface area (Å²) < 4.78 is 11.2. The Morgan fingerprint density at radius 3 is 2.63 bits per heavy atom. The van der Waals surface area contributed by atoms with E-state index in [1.807, 2.05) is 44.3 Å². The van der Waals surface area contributed by atoms with Crippen LogP contribution in [-0.4, -0.2) is 56.5 Å². The molecule has 2 heterocycles. The Morgan fingerprint density at radius 1 is 1.30 bits per heavy atom. The number of hydrogen-bond acceptors (Lipinski definition) is 6. The van der Waals surface area contributed by atoms with E-state index < -0.39 is 13.9 Å². The van der Waals surface area contributed by atoms with Gasteiger partial charge in [0, 0.05) is 36.6 Å². The van der Waals surface area contributed by atoms with Crippen molar-refractivity contribution in [1.82, 2.24) is 0 Å². The van der Waals surface area contributed by atoms with Crippen LogP contribution in [0, 0.1) is 5.92 Å². The summed E-state index contributed by atoms with van der Waals surface area (Å²) >= 11 is 0. The molecule has 1 amide bonds. The van der Waals surface area contributed by atoms with E-state index in [2.05, 4.69) is 4.74 Å². The van der Waals surface area contributed by atoms with Crippen LogP contribution in [0.3, 0.4) is 0 Å². The largest absolute Gasteiger partial charge is 0.469 e. The highest BCUT2D eigenvalue weighted by Gasteiger charge is 2.65. The Hall–Kier alpha value is -1.74. The number of ether oxygens (including phenoxy) is 2. The minimum absolute atomic E-state index is 0.0540. The number of amides is 1. The molecule has 0 unspecified atom stereocenters. The van der Waals surface area contributed by atoms with Crippen molar-refractivity contribution in [2.24, 2.45) is 5.92 Å². The van der Waals surface area contributed by atoms with Gasteiger partial charge in [-0.1, -0.05) is 25.1 Å². The molecule has 1 aromatic rings. The summed E-state index contributed by atoms with van der Waals surface area (Å²) in [5.74, 6) is -0.579. The number of para-hydroxylation sites is 1. The summed E-state index contributed by atoms with van der Waals surface area (Å²) in [7, 11) is -1.29. The first kappa shape index (κ1) is 22.9. The highest BCUT2D eigenvalue weighted by Crippen LogP contribution is 2.59. The molecule has 0 aliphatic carbocycles. The van der Waals surface area contributed by atoms with Crippen LogP contribution >= 0.6 is 0 Å². The SMILES string of the molecule is COC(=O)CCCCN1C(=O)[C@@]2(O[C@@H](CCO)[C@H]([Si](C)(C)O)[C@H]2C)c2ccccc21.